The second-order valence-corrected chi connectivity index (χ2v) is 9.30. The minimum absolute atomic E-state index is 0.00805. The Morgan fingerprint density at radius 1 is 0.973 bits per heavy atom. The zero-order valence-electron chi connectivity index (χ0n) is 20.5. The number of hydrogen-bond donors (Lipinski definition) is 2. The molecule has 0 aromatic heterocycles. The Bertz CT molecular complexity index is 1450. The molecule has 5 rings (SSSR count). The monoisotopic (exact) mass is 493 g/mol. The summed E-state index contributed by atoms with van der Waals surface area (Å²) in [6, 6.07) is 23.7. The summed E-state index contributed by atoms with van der Waals surface area (Å²) in [6.07, 6.45) is 1.89. The van der Waals surface area contributed by atoms with Crippen LogP contribution in [0.2, 0.25) is 0 Å². The molecule has 0 radical (unpaired) electrons. The van der Waals surface area contributed by atoms with Crippen LogP contribution in [0.15, 0.2) is 101 Å². The number of rotatable bonds is 6. The second kappa shape index (κ2) is 10.3. The highest BCUT2D eigenvalue weighted by Gasteiger charge is 2.40. The van der Waals surface area contributed by atoms with Gasteiger partial charge in [0.2, 0.25) is 0 Å². The Hall–Kier alpha value is -4.45. The number of esters is 1. The molecular weight excluding hydrogens is 466 g/mol. The Labute approximate surface area is 215 Å². The predicted octanol–water partition coefficient (Wildman–Crippen LogP) is 5.76. The van der Waals surface area contributed by atoms with Crippen LogP contribution in [0.25, 0.3) is 11.1 Å². The van der Waals surface area contributed by atoms with Gasteiger partial charge < -0.3 is 15.2 Å². The van der Waals surface area contributed by atoms with Crippen molar-refractivity contribution in [2.24, 2.45) is 0 Å². The molecular formula is C31H27NO5. The summed E-state index contributed by atoms with van der Waals surface area (Å²) in [7, 11) is 0. The molecule has 2 aliphatic rings. The van der Waals surface area contributed by atoms with E-state index in [4.69, 9.17) is 4.74 Å². The Morgan fingerprint density at radius 2 is 1.73 bits per heavy atom. The third-order valence-corrected chi connectivity index (χ3v) is 6.90. The number of benzene rings is 3. The number of aromatic carboxylic acids is 1. The Kier molecular flexibility index (Phi) is 6.73. The minimum atomic E-state index is -1.02. The summed E-state index contributed by atoms with van der Waals surface area (Å²) in [5, 5.41) is 12.9. The maximum Gasteiger partial charge on any atom is 0.337 e. The predicted molar refractivity (Wildman–Crippen MR) is 140 cm³/mol. The zero-order valence-corrected chi connectivity index (χ0v) is 20.5. The van der Waals surface area contributed by atoms with Gasteiger partial charge in [-0.25, -0.2) is 9.59 Å². The first-order valence-electron chi connectivity index (χ1n) is 12.3. The molecule has 0 saturated carbocycles. The number of carbonyl (C=O) groups is 3. The number of carbonyl (C=O) groups excluding carboxylic acids is 2. The van der Waals surface area contributed by atoms with Crippen molar-refractivity contribution in [3.63, 3.8) is 0 Å². The minimum Gasteiger partial charge on any atom is -0.478 e. The first kappa shape index (κ1) is 24.3. The largest absolute Gasteiger partial charge is 0.478 e. The molecule has 1 atom stereocenters. The standard InChI is InChI=1S/C31H27NO5/c1-19-27(31(36)37-18-20-9-3-2-4-10-20)28(29-25(32-19)15-8-16-26(29)33)24-14-6-5-13-23(24)21-11-7-12-22(17-21)30(34)35/h2-7,9-14,17,28,32H,8,15-16,18H2,1H3,(H,34,35). The number of Topliss-reactive ketones (excluding diaryl/α,β-unsaturated/α-hetero) is 1. The van der Waals surface area contributed by atoms with Gasteiger partial charge in [0.15, 0.2) is 5.78 Å². The molecule has 0 amide bonds. The molecule has 0 saturated heterocycles. The first-order chi connectivity index (χ1) is 17.9. The molecule has 6 heteroatoms. The third kappa shape index (κ3) is 4.83. The molecule has 6 nitrogen and oxygen atoms in total. The first-order valence-corrected chi connectivity index (χ1v) is 12.3. The second-order valence-electron chi connectivity index (χ2n) is 9.30. The fraction of sp³-hybridized carbons (Fsp3) is 0.194. The van der Waals surface area contributed by atoms with E-state index < -0.39 is 17.9 Å². The molecule has 3 aromatic rings. The van der Waals surface area contributed by atoms with E-state index in [-0.39, 0.29) is 18.0 Å². The van der Waals surface area contributed by atoms with Crippen LogP contribution in [0.5, 0.6) is 0 Å². The van der Waals surface area contributed by atoms with Gasteiger partial charge in [0.05, 0.1) is 11.1 Å². The van der Waals surface area contributed by atoms with Gasteiger partial charge in [-0.2, -0.15) is 0 Å². The highest BCUT2D eigenvalue weighted by molar-refractivity contribution is 6.04. The van der Waals surface area contributed by atoms with E-state index >= 15 is 0 Å². The molecule has 1 aliphatic carbocycles. The van der Waals surface area contributed by atoms with Crippen molar-refractivity contribution in [3.05, 3.63) is 118 Å². The quantitative estimate of drug-likeness (QED) is 0.424. The molecule has 186 valence electrons. The number of nitrogens with one attached hydrogen (secondary N) is 1. The maximum absolute atomic E-state index is 13.6. The number of carboxylic acids is 1. The van der Waals surface area contributed by atoms with Crippen molar-refractivity contribution in [1.29, 1.82) is 0 Å². The molecule has 0 spiro atoms. The lowest BCUT2D eigenvalue weighted by atomic mass is 9.73. The van der Waals surface area contributed by atoms with Crippen LogP contribution in [-0.2, 0) is 20.9 Å². The van der Waals surface area contributed by atoms with Crippen LogP contribution in [0.1, 0.15) is 53.6 Å². The van der Waals surface area contributed by atoms with Crippen molar-refractivity contribution in [2.45, 2.75) is 38.7 Å². The normalized spacial score (nSPS) is 17.2. The van der Waals surface area contributed by atoms with Crippen molar-refractivity contribution < 1.29 is 24.2 Å². The van der Waals surface area contributed by atoms with E-state index in [2.05, 4.69) is 5.32 Å². The van der Waals surface area contributed by atoms with Crippen LogP contribution in [0, 0.1) is 0 Å². The Balaban J connectivity index is 1.62. The van der Waals surface area contributed by atoms with Crippen LogP contribution in [-0.4, -0.2) is 22.8 Å². The van der Waals surface area contributed by atoms with E-state index in [1.54, 1.807) is 18.2 Å². The number of carboxylic acid groups (broad SMARTS) is 1. The molecule has 1 aliphatic heterocycles. The van der Waals surface area contributed by atoms with E-state index in [1.165, 1.54) is 0 Å². The van der Waals surface area contributed by atoms with Gasteiger partial charge in [-0.1, -0.05) is 66.7 Å². The highest BCUT2D eigenvalue weighted by Crippen LogP contribution is 2.45. The van der Waals surface area contributed by atoms with Gasteiger partial charge in [0, 0.05) is 29.3 Å². The molecule has 1 heterocycles. The van der Waals surface area contributed by atoms with Crippen molar-refractivity contribution in [2.75, 3.05) is 0 Å². The molecule has 1 unspecified atom stereocenters. The summed E-state index contributed by atoms with van der Waals surface area (Å²) < 4.78 is 5.75. The average Bonchev–Trinajstić information content (AvgIpc) is 2.92. The van der Waals surface area contributed by atoms with Crippen LogP contribution in [0.4, 0.5) is 0 Å². The summed E-state index contributed by atoms with van der Waals surface area (Å²) in [6.45, 7) is 1.95. The maximum atomic E-state index is 13.6. The molecule has 0 fully saturated rings. The Morgan fingerprint density at radius 3 is 2.51 bits per heavy atom. The third-order valence-electron chi connectivity index (χ3n) is 6.90. The van der Waals surface area contributed by atoms with Crippen LogP contribution in [0.3, 0.4) is 0 Å². The number of ketones is 1. The molecule has 3 aromatic carbocycles. The van der Waals surface area contributed by atoms with E-state index in [1.807, 2.05) is 67.6 Å². The van der Waals surface area contributed by atoms with Crippen LogP contribution >= 0.6 is 0 Å². The van der Waals surface area contributed by atoms with E-state index in [0.717, 1.165) is 35.2 Å². The van der Waals surface area contributed by atoms with Crippen LogP contribution < -0.4 is 5.32 Å². The van der Waals surface area contributed by atoms with E-state index in [0.29, 0.717) is 28.8 Å². The average molecular weight is 494 g/mol. The van der Waals surface area contributed by atoms with Crippen molar-refractivity contribution in [1.82, 2.24) is 5.32 Å². The zero-order chi connectivity index (χ0) is 25.9. The molecule has 0 bridgehead atoms. The number of dihydropyridines is 1. The fourth-order valence-electron chi connectivity index (χ4n) is 5.20. The smallest absolute Gasteiger partial charge is 0.337 e. The lowest BCUT2D eigenvalue weighted by Crippen LogP contribution is -2.34. The van der Waals surface area contributed by atoms with Gasteiger partial charge >= 0.3 is 11.9 Å². The van der Waals surface area contributed by atoms with Gasteiger partial charge in [-0.05, 0) is 54.2 Å². The fourth-order valence-corrected chi connectivity index (χ4v) is 5.20. The SMILES string of the molecule is CC1=C(C(=O)OCc2ccccc2)C(c2ccccc2-c2cccc(C(=O)O)c2)C2=C(CCCC2=O)N1. The summed E-state index contributed by atoms with van der Waals surface area (Å²) in [4.78, 5) is 38.6. The summed E-state index contributed by atoms with van der Waals surface area (Å²) >= 11 is 0. The number of hydrogen-bond acceptors (Lipinski definition) is 5. The van der Waals surface area contributed by atoms with Gasteiger partial charge in [0.25, 0.3) is 0 Å². The van der Waals surface area contributed by atoms with Crippen molar-refractivity contribution >= 4 is 17.7 Å². The highest BCUT2D eigenvalue weighted by atomic mass is 16.5. The van der Waals surface area contributed by atoms with Crippen molar-refractivity contribution in [3.8, 4) is 11.1 Å². The number of allylic oxidation sites excluding steroid dienone is 3. The molecule has 37 heavy (non-hydrogen) atoms. The lowest BCUT2D eigenvalue weighted by molar-refractivity contribution is -0.140. The number of ether oxygens (including phenoxy) is 1. The van der Waals surface area contributed by atoms with Gasteiger partial charge in [-0.15, -0.1) is 0 Å². The lowest BCUT2D eigenvalue weighted by Gasteiger charge is -2.35. The van der Waals surface area contributed by atoms with Gasteiger partial charge in [-0.3, -0.25) is 4.79 Å². The summed E-state index contributed by atoms with van der Waals surface area (Å²) in [5.41, 5.74) is 5.75. The topological polar surface area (TPSA) is 92.7 Å². The van der Waals surface area contributed by atoms with Gasteiger partial charge in [0.1, 0.15) is 6.61 Å². The summed E-state index contributed by atoms with van der Waals surface area (Å²) in [5.74, 6) is -2.13. The molecule has 2 N–H and O–H groups in total. The van der Waals surface area contributed by atoms with E-state index in [9.17, 15) is 19.5 Å².